The second kappa shape index (κ2) is 6.91. The molecule has 0 saturated carbocycles. The van der Waals surface area contributed by atoms with E-state index in [0.717, 1.165) is 16.2 Å². The molecule has 1 atom stereocenters. The summed E-state index contributed by atoms with van der Waals surface area (Å²) in [7, 11) is 0. The third-order valence-corrected chi connectivity index (χ3v) is 3.60. The fourth-order valence-electron chi connectivity index (χ4n) is 1.73. The lowest BCUT2D eigenvalue weighted by Crippen LogP contribution is -2.31. The van der Waals surface area contributed by atoms with Gasteiger partial charge in [-0.2, -0.15) is 0 Å². The first-order valence-electron chi connectivity index (χ1n) is 6.24. The lowest BCUT2D eigenvalue weighted by Gasteiger charge is -2.16. The monoisotopic (exact) mass is 370 g/mol. The van der Waals surface area contributed by atoms with Gasteiger partial charge in [-0.05, 0) is 43.3 Å². The second-order valence-electron chi connectivity index (χ2n) is 4.49. The van der Waals surface area contributed by atoms with Gasteiger partial charge >= 0.3 is 0 Å². The number of halogens is 3. The lowest BCUT2D eigenvalue weighted by atomic mass is 10.2. The lowest BCUT2D eigenvalue weighted by molar-refractivity contribution is -0.116. The molecule has 0 spiro atoms. The average Bonchev–Trinajstić information content (AvgIpc) is 2.41. The molecule has 0 fully saturated rings. The van der Waals surface area contributed by atoms with E-state index in [0.29, 0.717) is 5.69 Å². The van der Waals surface area contributed by atoms with Crippen LogP contribution in [0.3, 0.4) is 0 Å². The third kappa shape index (κ3) is 4.44. The van der Waals surface area contributed by atoms with E-state index >= 15 is 0 Å². The summed E-state index contributed by atoms with van der Waals surface area (Å²) in [6.07, 6.45) is 0. The molecule has 0 unspecified atom stereocenters. The van der Waals surface area contributed by atoms with Gasteiger partial charge in [-0.15, -0.1) is 0 Å². The van der Waals surface area contributed by atoms with Gasteiger partial charge in [-0.1, -0.05) is 33.6 Å². The zero-order valence-electron chi connectivity index (χ0n) is 11.2. The van der Waals surface area contributed by atoms with E-state index in [-0.39, 0.29) is 10.9 Å². The van der Waals surface area contributed by atoms with Crippen LogP contribution in [0.2, 0.25) is 5.02 Å². The molecule has 2 rings (SSSR count). The molecule has 2 N–H and O–H groups in total. The largest absolute Gasteiger partial charge is 0.374 e. The summed E-state index contributed by atoms with van der Waals surface area (Å²) in [6.45, 7) is 1.73. The van der Waals surface area contributed by atoms with Crippen LogP contribution in [0.4, 0.5) is 15.8 Å². The van der Waals surface area contributed by atoms with Gasteiger partial charge in [-0.3, -0.25) is 4.79 Å². The Hall–Kier alpha value is -1.59. The van der Waals surface area contributed by atoms with Gasteiger partial charge in [-0.25, -0.2) is 4.39 Å². The number of rotatable bonds is 4. The number of nitrogens with one attached hydrogen (secondary N) is 2. The molecule has 0 aliphatic rings. The molecule has 2 aromatic rings. The number of carbonyl (C=O) groups excluding carboxylic acids is 1. The summed E-state index contributed by atoms with van der Waals surface area (Å²) in [5.41, 5.74) is 1.20. The Bertz CT molecular complexity index is 666. The molecule has 0 radical (unpaired) electrons. The van der Waals surface area contributed by atoms with E-state index in [4.69, 9.17) is 11.6 Å². The number of amides is 1. The van der Waals surface area contributed by atoms with Crippen LogP contribution < -0.4 is 10.6 Å². The Balaban J connectivity index is 2.02. The molecule has 6 heteroatoms. The third-order valence-electron chi connectivity index (χ3n) is 2.79. The van der Waals surface area contributed by atoms with Crippen molar-refractivity contribution >= 4 is 44.8 Å². The smallest absolute Gasteiger partial charge is 0.246 e. The SMILES string of the molecule is C[C@H](Nc1cccc(Br)c1)C(=O)Nc1ccc(F)cc1Cl. The molecule has 110 valence electrons. The predicted octanol–water partition coefficient (Wildman–Crippen LogP) is 4.68. The molecule has 0 aromatic heterocycles. The topological polar surface area (TPSA) is 41.1 Å². The molecular formula is C15H13BrClFN2O. The second-order valence-corrected chi connectivity index (χ2v) is 5.81. The van der Waals surface area contributed by atoms with Crippen LogP contribution in [0.25, 0.3) is 0 Å². The summed E-state index contributed by atoms with van der Waals surface area (Å²) < 4.78 is 13.9. The van der Waals surface area contributed by atoms with Crippen molar-refractivity contribution in [2.45, 2.75) is 13.0 Å². The minimum Gasteiger partial charge on any atom is -0.374 e. The van der Waals surface area contributed by atoms with Gasteiger partial charge in [0.25, 0.3) is 0 Å². The first kappa shape index (κ1) is 15.8. The van der Waals surface area contributed by atoms with Gasteiger partial charge in [0.1, 0.15) is 11.9 Å². The van der Waals surface area contributed by atoms with Crippen LogP contribution in [-0.4, -0.2) is 11.9 Å². The van der Waals surface area contributed by atoms with Crippen LogP contribution in [0, 0.1) is 5.82 Å². The number of anilines is 2. The molecular weight excluding hydrogens is 359 g/mol. The zero-order valence-corrected chi connectivity index (χ0v) is 13.5. The van der Waals surface area contributed by atoms with E-state index in [2.05, 4.69) is 26.6 Å². The summed E-state index contributed by atoms with van der Waals surface area (Å²) in [4.78, 5) is 12.1. The van der Waals surface area contributed by atoms with Crippen molar-refractivity contribution < 1.29 is 9.18 Å². The zero-order chi connectivity index (χ0) is 15.4. The van der Waals surface area contributed by atoms with Crippen molar-refractivity contribution in [2.24, 2.45) is 0 Å². The number of carbonyl (C=O) groups is 1. The van der Waals surface area contributed by atoms with Crippen molar-refractivity contribution in [3.63, 3.8) is 0 Å². The fourth-order valence-corrected chi connectivity index (χ4v) is 2.34. The maximum absolute atomic E-state index is 13.0. The van der Waals surface area contributed by atoms with Crippen molar-refractivity contribution in [3.8, 4) is 0 Å². The summed E-state index contributed by atoms with van der Waals surface area (Å²) >= 11 is 9.24. The highest BCUT2D eigenvalue weighted by molar-refractivity contribution is 9.10. The number of hydrogen-bond donors (Lipinski definition) is 2. The minimum atomic E-state index is -0.472. The van der Waals surface area contributed by atoms with E-state index < -0.39 is 11.9 Å². The Kier molecular flexibility index (Phi) is 5.20. The van der Waals surface area contributed by atoms with Crippen LogP contribution in [-0.2, 0) is 4.79 Å². The van der Waals surface area contributed by atoms with Crippen molar-refractivity contribution in [1.29, 1.82) is 0 Å². The standard InChI is InChI=1S/C15H13BrClFN2O/c1-9(19-12-4-2-3-10(16)7-12)15(21)20-14-6-5-11(18)8-13(14)17/h2-9,19H,1H3,(H,20,21)/t9-/m0/s1. The van der Waals surface area contributed by atoms with E-state index in [1.807, 2.05) is 24.3 Å². The van der Waals surface area contributed by atoms with Crippen LogP contribution in [0.15, 0.2) is 46.9 Å². The Morgan fingerprint density at radius 2 is 2.05 bits per heavy atom. The first-order chi connectivity index (χ1) is 9.95. The van der Waals surface area contributed by atoms with Crippen molar-refractivity contribution in [3.05, 3.63) is 57.8 Å². The highest BCUT2D eigenvalue weighted by Crippen LogP contribution is 2.23. The minimum absolute atomic E-state index is 0.165. The molecule has 2 aromatic carbocycles. The molecule has 0 saturated heterocycles. The van der Waals surface area contributed by atoms with E-state index in [1.54, 1.807) is 6.92 Å². The first-order valence-corrected chi connectivity index (χ1v) is 7.41. The molecule has 0 aliphatic carbocycles. The van der Waals surface area contributed by atoms with Gasteiger partial charge in [0.15, 0.2) is 0 Å². The number of hydrogen-bond acceptors (Lipinski definition) is 2. The van der Waals surface area contributed by atoms with Crippen molar-refractivity contribution in [2.75, 3.05) is 10.6 Å². The van der Waals surface area contributed by atoms with Gasteiger partial charge < -0.3 is 10.6 Å². The molecule has 1 amide bonds. The van der Waals surface area contributed by atoms with Crippen molar-refractivity contribution in [1.82, 2.24) is 0 Å². The van der Waals surface area contributed by atoms with Gasteiger partial charge in [0, 0.05) is 10.2 Å². The summed E-state index contributed by atoms with van der Waals surface area (Å²) in [5.74, 6) is -0.707. The molecule has 21 heavy (non-hydrogen) atoms. The maximum atomic E-state index is 13.0. The molecule has 0 aliphatic heterocycles. The summed E-state index contributed by atoms with van der Waals surface area (Å²) in [5, 5.41) is 5.90. The molecule has 0 heterocycles. The number of benzene rings is 2. The average molecular weight is 372 g/mol. The van der Waals surface area contributed by atoms with Crippen LogP contribution in [0.5, 0.6) is 0 Å². The summed E-state index contributed by atoms with van der Waals surface area (Å²) in [6, 6.07) is 10.9. The molecule has 3 nitrogen and oxygen atoms in total. The normalized spacial score (nSPS) is 11.8. The van der Waals surface area contributed by atoms with E-state index in [1.165, 1.54) is 12.1 Å². The highest BCUT2D eigenvalue weighted by Gasteiger charge is 2.14. The highest BCUT2D eigenvalue weighted by atomic mass is 79.9. The quantitative estimate of drug-likeness (QED) is 0.819. The van der Waals surface area contributed by atoms with Gasteiger partial charge in [0.2, 0.25) is 5.91 Å². The van der Waals surface area contributed by atoms with E-state index in [9.17, 15) is 9.18 Å². The Morgan fingerprint density at radius 1 is 1.29 bits per heavy atom. The maximum Gasteiger partial charge on any atom is 0.246 e. The Labute approximate surface area is 135 Å². The van der Waals surface area contributed by atoms with Crippen LogP contribution in [0.1, 0.15) is 6.92 Å². The predicted molar refractivity (Wildman–Crippen MR) is 87.3 cm³/mol. The van der Waals surface area contributed by atoms with Gasteiger partial charge in [0.05, 0.1) is 10.7 Å². The van der Waals surface area contributed by atoms with Crippen LogP contribution >= 0.6 is 27.5 Å². The fraction of sp³-hybridized carbons (Fsp3) is 0.133. The molecule has 0 bridgehead atoms. The Morgan fingerprint density at radius 3 is 2.71 bits per heavy atom.